The minimum Gasteiger partial charge on any atom is -0.497 e. The summed E-state index contributed by atoms with van der Waals surface area (Å²) in [7, 11) is 1.63. The van der Waals surface area contributed by atoms with Crippen molar-refractivity contribution in [1.82, 2.24) is 10.6 Å². The smallest absolute Gasteiger partial charge is 0.315 e. The molecule has 0 saturated carbocycles. The number of carbonyl (C=O) groups excluding carboxylic acids is 1. The molecule has 2 amide bonds. The van der Waals surface area contributed by atoms with E-state index < -0.39 is 0 Å². The fourth-order valence-corrected chi connectivity index (χ4v) is 5.06. The Labute approximate surface area is 228 Å². The Balaban J connectivity index is 1.12. The third kappa shape index (κ3) is 6.68. The van der Waals surface area contributed by atoms with Gasteiger partial charge in [-0.15, -0.1) is 0 Å². The second-order valence-electron chi connectivity index (χ2n) is 10.1. The average molecular weight is 523 g/mol. The zero-order chi connectivity index (χ0) is 27.2. The van der Waals surface area contributed by atoms with Gasteiger partial charge in [-0.25, -0.2) is 4.79 Å². The number of rotatable bonds is 9. The number of benzene rings is 4. The van der Waals surface area contributed by atoms with Gasteiger partial charge in [0.05, 0.1) is 7.11 Å². The zero-order valence-electron chi connectivity index (χ0n) is 22.1. The number of nitrogens with one attached hydrogen (secondary N) is 3. The highest BCUT2D eigenvalue weighted by Gasteiger charge is 2.20. The molecule has 0 heterocycles. The van der Waals surface area contributed by atoms with E-state index in [2.05, 4.69) is 28.8 Å². The summed E-state index contributed by atoms with van der Waals surface area (Å²) in [6.07, 6.45) is 2.96. The van der Waals surface area contributed by atoms with E-state index in [1.807, 2.05) is 60.7 Å². The molecule has 1 aliphatic carbocycles. The number of hydrogen-bond donors (Lipinski definition) is 4. The van der Waals surface area contributed by atoms with Gasteiger partial charge in [-0.1, -0.05) is 42.5 Å². The van der Waals surface area contributed by atoms with Gasteiger partial charge in [0.25, 0.3) is 0 Å². The van der Waals surface area contributed by atoms with E-state index in [4.69, 9.17) is 20.6 Å². The Kier molecular flexibility index (Phi) is 7.96. The number of hydrogen-bond acceptors (Lipinski definition) is 4. The number of carbonyl (C=O) groups is 1. The van der Waals surface area contributed by atoms with Crippen LogP contribution in [0.15, 0.2) is 78.9 Å². The molecule has 0 spiro atoms. The molecule has 1 unspecified atom stereocenters. The predicted octanol–water partition coefficient (Wildman–Crippen LogP) is 5.32. The molecule has 5 rings (SSSR count). The van der Waals surface area contributed by atoms with Crippen molar-refractivity contribution in [3.63, 3.8) is 0 Å². The van der Waals surface area contributed by atoms with Crippen LogP contribution in [0.4, 0.5) is 4.79 Å². The van der Waals surface area contributed by atoms with Crippen LogP contribution in [0.3, 0.4) is 0 Å². The molecular formula is C32H34N4O3. The van der Waals surface area contributed by atoms with E-state index >= 15 is 0 Å². The average Bonchev–Trinajstić information content (AvgIpc) is 2.97. The normalized spacial score (nSPS) is 14.3. The van der Waals surface area contributed by atoms with Gasteiger partial charge in [0.1, 0.15) is 23.9 Å². The minimum absolute atomic E-state index is 0.0717. The molecule has 1 aliphatic rings. The first-order valence-corrected chi connectivity index (χ1v) is 13.2. The SMILES string of the molecule is COc1cccc(CNC(=O)NCC2CCc3ccc(OCc4ccc5cc(C(=N)N)ccc5c4)cc3C2)c1. The monoisotopic (exact) mass is 522 g/mol. The number of urea groups is 1. The molecule has 0 saturated heterocycles. The van der Waals surface area contributed by atoms with Crippen LogP contribution in [0.2, 0.25) is 0 Å². The zero-order valence-corrected chi connectivity index (χ0v) is 22.1. The summed E-state index contributed by atoms with van der Waals surface area (Å²) in [5.41, 5.74) is 11.1. The number of nitrogen functional groups attached to an aromatic ring is 1. The van der Waals surface area contributed by atoms with E-state index in [9.17, 15) is 4.79 Å². The van der Waals surface area contributed by atoms with Crippen LogP contribution in [0, 0.1) is 11.3 Å². The van der Waals surface area contributed by atoms with E-state index in [1.54, 1.807) is 7.11 Å². The maximum absolute atomic E-state index is 12.4. The fraction of sp³-hybridized carbons (Fsp3) is 0.250. The lowest BCUT2D eigenvalue weighted by Gasteiger charge is -2.25. The van der Waals surface area contributed by atoms with Gasteiger partial charge < -0.3 is 25.8 Å². The van der Waals surface area contributed by atoms with E-state index in [0.29, 0.717) is 25.6 Å². The summed E-state index contributed by atoms with van der Waals surface area (Å²) in [6.45, 7) is 1.56. The highest BCUT2D eigenvalue weighted by atomic mass is 16.5. The molecule has 0 aromatic heterocycles. The lowest BCUT2D eigenvalue weighted by atomic mass is 9.84. The van der Waals surface area contributed by atoms with Crippen LogP contribution in [0.1, 0.15) is 34.2 Å². The highest BCUT2D eigenvalue weighted by Crippen LogP contribution is 2.29. The van der Waals surface area contributed by atoms with Gasteiger partial charge in [-0.2, -0.15) is 0 Å². The van der Waals surface area contributed by atoms with Crippen LogP contribution in [0.25, 0.3) is 10.8 Å². The highest BCUT2D eigenvalue weighted by molar-refractivity contribution is 5.99. The third-order valence-electron chi connectivity index (χ3n) is 7.27. The Morgan fingerprint density at radius 1 is 0.923 bits per heavy atom. The first-order valence-electron chi connectivity index (χ1n) is 13.2. The summed E-state index contributed by atoms with van der Waals surface area (Å²) in [5, 5.41) is 15.7. The summed E-state index contributed by atoms with van der Waals surface area (Å²) in [6, 6.07) is 25.9. The lowest BCUT2D eigenvalue weighted by Crippen LogP contribution is -2.39. The number of fused-ring (bicyclic) bond motifs is 2. The van der Waals surface area contributed by atoms with Gasteiger partial charge in [-0.05, 0) is 94.6 Å². The van der Waals surface area contributed by atoms with Gasteiger partial charge in [0.15, 0.2) is 0 Å². The maximum atomic E-state index is 12.4. The Morgan fingerprint density at radius 3 is 2.62 bits per heavy atom. The standard InChI is InChI=1S/C32H34N4O3/c1-38-29-4-2-3-21(15-29)18-35-32(37)36-19-22-5-7-24-11-12-30(17-28(24)13-22)39-20-23-6-8-26-16-27(31(33)34)10-9-25(26)14-23/h2-4,6,8-12,14-17,22H,5,7,13,18-20H2,1H3,(H3,33,34)(H2,35,36,37). The fourth-order valence-electron chi connectivity index (χ4n) is 5.06. The number of methoxy groups -OCH3 is 1. The number of amidine groups is 1. The Hall–Kier alpha value is -4.52. The number of amides is 2. The van der Waals surface area contributed by atoms with Gasteiger partial charge >= 0.3 is 6.03 Å². The Morgan fingerprint density at radius 2 is 1.77 bits per heavy atom. The molecule has 0 radical (unpaired) electrons. The summed E-state index contributed by atoms with van der Waals surface area (Å²) in [4.78, 5) is 12.4. The predicted molar refractivity (Wildman–Crippen MR) is 154 cm³/mol. The van der Waals surface area contributed by atoms with Crippen molar-refractivity contribution in [2.75, 3.05) is 13.7 Å². The number of aryl methyl sites for hydroxylation is 1. The van der Waals surface area contributed by atoms with Crippen molar-refractivity contribution in [3.8, 4) is 11.5 Å². The molecule has 39 heavy (non-hydrogen) atoms. The van der Waals surface area contributed by atoms with E-state index in [-0.39, 0.29) is 11.9 Å². The largest absolute Gasteiger partial charge is 0.497 e. The summed E-state index contributed by atoms with van der Waals surface area (Å²) >= 11 is 0. The first kappa shape index (κ1) is 26.1. The molecule has 200 valence electrons. The van der Waals surface area contributed by atoms with Crippen molar-refractivity contribution in [2.24, 2.45) is 11.7 Å². The second kappa shape index (κ2) is 11.9. The van der Waals surface area contributed by atoms with Crippen LogP contribution >= 0.6 is 0 Å². The molecule has 4 aromatic carbocycles. The minimum atomic E-state index is -0.159. The third-order valence-corrected chi connectivity index (χ3v) is 7.27. The lowest BCUT2D eigenvalue weighted by molar-refractivity contribution is 0.237. The number of nitrogens with two attached hydrogens (primary N) is 1. The Bertz CT molecular complexity index is 1500. The van der Waals surface area contributed by atoms with Gasteiger partial charge in [-0.3, -0.25) is 5.41 Å². The van der Waals surface area contributed by atoms with Crippen molar-refractivity contribution in [2.45, 2.75) is 32.4 Å². The van der Waals surface area contributed by atoms with Gasteiger partial charge in [0, 0.05) is 18.7 Å². The van der Waals surface area contributed by atoms with E-state index in [1.165, 1.54) is 11.1 Å². The molecule has 0 bridgehead atoms. The van der Waals surface area contributed by atoms with E-state index in [0.717, 1.165) is 58.2 Å². The van der Waals surface area contributed by atoms with Crippen LogP contribution in [-0.2, 0) is 26.0 Å². The van der Waals surface area contributed by atoms with Crippen molar-refractivity contribution in [1.29, 1.82) is 5.41 Å². The van der Waals surface area contributed by atoms with Crippen molar-refractivity contribution < 1.29 is 14.3 Å². The first-order chi connectivity index (χ1) is 19.0. The van der Waals surface area contributed by atoms with Crippen LogP contribution in [-0.4, -0.2) is 25.5 Å². The molecule has 7 nitrogen and oxygen atoms in total. The molecule has 0 aliphatic heterocycles. The van der Waals surface area contributed by atoms with Crippen molar-refractivity contribution >= 4 is 22.6 Å². The molecule has 0 fully saturated rings. The van der Waals surface area contributed by atoms with Crippen molar-refractivity contribution in [3.05, 3.63) is 107 Å². The molecule has 7 heteroatoms. The second-order valence-corrected chi connectivity index (χ2v) is 10.1. The van der Waals surface area contributed by atoms with Gasteiger partial charge in [0.2, 0.25) is 0 Å². The molecule has 1 atom stereocenters. The topological polar surface area (TPSA) is 109 Å². The maximum Gasteiger partial charge on any atom is 0.315 e. The van der Waals surface area contributed by atoms with Crippen LogP contribution in [0.5, 0.6) is 11.5 Å². The molecule has 5 N–H and O–H groups in total. The summed E-state index contributed by atoms with van der Waals surface area (Å²) in [5.74, 6) is 2.09. The molecule has 4 aromatic rings. The number of ether oxygens (including phenoxy) is 2. The quantitative estimate of drug-likeness (QED) is 0.176. The summed E-state index contributed by atoms with van der Waals surface area (Å²) < 4.78 is 11.4. The van der Waals surface area contributed by atoms with Crippen LogP contribution < -0.4 is 25.8 Å². The molecular weight excluding hydrogens is 488 g/mol.